The summed E-state index contributed by atoms with van der Waals surface area (Å²) >= 11 is 0. The molecule has 1 spiro atoms. The van der Waals surface area contributed by atoms with Gasteiger partial charge >= 0.3 is 6.09 Å². The Hall–Kier alpha value is -3.22. The molecule has 0 radical (unpaired) electrons. The second-order valence-corrected chi connectivity index (χ2v) is 13.6. The average Bonchev–Trinajstić information content (AvgIpc) is 3.66. The van der Waals surface area contributed by atoms with Crippen LogP contribution in [0.3, 0.4) is 0 Å². The minimum Gasteiger partial charge on any atom is -0.477 e. The van der Waals surface area contributed by atoms with Gasteiger partial charge in [-0.2, -0.15) is 0 Å². The lowest BCUT2D eigenvalue weighted by Gasteiger charge is -2.59. The number of nitrogens with one attached hydrogen (secondary N) is 2. The van der Waals surface area contributed by atoms with Crippen molar-refractivity contribution in [3.63, 3.8) is 0 Å². The number of Topliss-reactive ketones (excluding diaryl/α,β-unsaturated/α-hetero) is 1. The molecule has 43 heavy (non-hydrogen) atoms. The highest BCUT2D eigenvalue weighted by Crippen LogP contribution is 2.71. The third-order valence-electron chi connectivity index (χ3n) is 10.6. The molecule has 234 valence electrons. The van der Waals surface area contributed by atoms with Crippen molar-refractivity contribution >= 4 is 23.7 Å². The van der Waals surface area contributed by atoms with Gasteiger partial charge in [0.05, 0.1) is 17.6 Å². The molecule has 3 amide bonds. The summed E-state index contributed by atoms with van der Waals surface area (Å²) < 4.78 is 12.2. The van der Waals surface area contributed by atoms with Crippen molar-refractivity contribution in [1.82, 2.24) is 20.4 Å². The van der Waals surface area contributed by atoms with Crippen molar-refractivity contribution in [2.24, 2.45) is 11.7 Å². The Morgan fingerprint density at radius 1 is 1.26 bits per heavy atom. The van der Waals surface area contributed by atoms with Gasteiger partial charge in [-0.3, -0.25) is 14.4 Å². The summed E-state index contributed by atoms with van der Waals surface area (Å²) in [6, 6.07) is 2.82. The van der Waals surface area contributed by atoms with E-state index in [1.54, 1.807) is 20.0 Å². The van der Waals surface area contributed by atoms with Gasteiger partial charge in [-0.15, -0.1) is 0 Å². The average molecular weight is 598 g/mol. The zero-order chi connectivity index (χ0) is 30.9. The number of ether oxygens (including phenoxy) is 2. The van der Waals surface area contributed by atoms with E-state index in [-0.39, 0.29) is 49.0 Å². The Morgan fingerprint density at radius 3 is 2.70 bits per heavy atom. The smallest absolute Gasteiger partial charge is 0.415 e. The number of hydrogen-bond acceptors (Lipinski definition) is 9. The summed E-state index contributed by atoms with van der Waals surface area (Å²) in [5, 5.41) is 17.8. The highest BCUT2D eigenvalue weighted by atomic mass is 16.6. The van der Waals surface area contributed by atoms with Crippen molar-refractivity contribution in [3.8, 4) is 11.5 Å². The van der Waals surface area contributed by atoms with E-state index >= 15 is 0 Å². The lowest BCUT2D eigenvalue weighted by atomic mass is 9.51. The molecule has 3 fully saturated rings. The van der Waals surface area contributed by atoms with Crippen molar-refractivity contribution in [1.29, 1.82) is 0 Å². The van der Waals surface area contributed by atoms with Crippen LogP contribution < -0.4 is 25.8 Å². The van der Waals surface area contributed by atoms with E-state index in [1.165, 1.54) is 17.7 Å². The summed E-state index contributed by atoms with van der Waals surface area (Å²) in [6.07, 6.45) is 2.98. The molecule has 5 N–H and O–H groups in total. The molecule has 1 heterocycles. The quantitative estimate of drug-likeness (QED) is 0.302. The molecule has 3 saturated carbocycles. The lowest BCUT2D eigenvalue weighted by Crippen LogP contribution is -2.73. The first kappa shape index (κ1) is 29.8. The number of amides is 3. The topological polar surface area (TPSA) is 164 Å². The molecule has 6 rings (SSSR count). The second-order valence-electron chi connectivity index (χ2n) is 13.6. The van der Waals surface area contributed by atoms with Crippen LogP contribution in [-0.4, -0.2) is 103 Å². The van der Waals surface area contributed by atoms with Gasteiger partial charge in [-0.25, -0.2) is 4.79 Å². The predicted molar refractivity (Wildman–Crippen MR) is 156 cm³/mol. The highest BCUT2D eigenvalue weighted by molar-refractivity contribution is 5.91. The molecule has 2 bridgehead atoms. The fraction of sp³-hybridized carbons (Fsp3) is 0.677. The zero-order valence-corrected chi connectivity index (χ0v) is 25.4. The van der Waals surface area contributed by atoms with E-state index in [9.17, 15) is 24.3 Å². The number of hydrogen-bond donors (Lipinski definition) is 4. The number of carbonyl (C=O) groups excluding carboxylic acids is 4. The summed E-state index contributed by atoms with van der Waals surface area (Å²) in [5.74, 6) is 0.396. The van der Waals surface area contributed by atoms with E-state index < -0.39 is 41.1 Å². The fourth-order valence-corrected chi connectivity index (χ4v) is 8.28. The number of aliphatic hydroxyl groups is 1. The Kier molecular flexibility index (Phi) is 7.25. The van der Waals surface area contributed by atoms with Crippen LogP contribution in [0.5, 0.6) is 11.5 Å². The van der Waals surface area contributed by atoms with Crippen molar-refractivity contribution < 1.29 is 33.8 Å². The molecule has 6 atom stereocenters. The number of ketones is 1. The normalized spacial score (nSPS) is 32.1. The number of likely N-dealkylation sites (N-methyl/N-ethyl adjacent to an activating group) is 2. The third-order valence-corrected chi connectivity index (χ3v) is 10.6. The maximum Gasteiger partial charge on any atom is 0.415 e. The number of benzene rings is 1. The summed E-state index contributed by atoms with van der Waals surface area (Å²) in [4.78, 5) is 53.9. The van der Waals surface area contributed by atoms with Crippen LogP contribution >= 0.6 is 0 Å². The van der Waals surface area contributed by atoms with Crippen molar-refractivity contribution in [3.05, 3.63) is 23.3 Å². The fourth-order valence-electron chi connectivity index (χ4n) is 8.28. The van der Waals surface area contributed by atoms with Crippen LogP contribution in [-0.2, 0) is 25.2 Å². The van der Waals surface area contributed by atoms with Crippen molar-refractivity contribution in [2.45, 2.75) is 87.0 Å². The number of nitrogens with two attached hydrogens (primary N) is 1. The first-order valence-corrected chi connectivity index (χ1v) is 15.3. The number of fused-ring (bicyclic) bond motifs is 2. The zero-order valence-electron chi connectivity index (χ0n) is 25.4. The standard InChI is InChI=1S/C31H43N5O7/c1-17(34-23(38)14-32)27(39)33-11-12-35(3)28(40)42-21-8-7-19-24-25(21)43-26-20(37)9-10-31(41)22(36(4)15-18-5-6-18)13-29(19,2)16-30(24,26)31/h7-8,17-18,22,26,41H,5-6,9-16,32H2,1-4H3,(H,33,39)(H,34,38)/t17-,22?,26-,29?,30-,31+/m0/s1. The van der Waals surface area contributed by atoms with Crippen LogP contribution in [0.25, 0.3) is 0 Å². The van der Waals surface area contributed by atoms with Gasteiger partial charge < -0.3 is 40.7 Å². The Bertz CT molecular complexity index is 1370. The highest BCUT2D eigenvalue weighted by Gasteiger charge is 2.77. The Balaban J connectivity index is 1.22. The second kappa shape index (κ2) is 10.4. The molecule has 4 aliphatic carbocycles. The van der Waals surface area contributed by atoms with Crippen LogP contribution in [0, 0.1) is 5.92 Å². The molecular formula is C31H43N5O7. The predicted octanol–water partition coefficient (Wildman–Crippen LogP) is 0.565. The molecule has 5 aliphatic rings. The monoisotopic (exact) mass is 597 g/mol. The molecule has 12 nitrogen and oxygen atoms in total. The molecule has 0 saturated heterocycles. The van der Waals surface area contributed by atoms with Crippen LogP contribution in [0.1, 0.15) is 63.5 Å². The number of rotatable bonds is 10. The summed E-state index contributed by atoms with van der Waals surface area (Å²) in [7, 11) is 3.65. The first-order valence-electron chi connectivity index (χ1n) is 15.3. The van der Waals surface area contributed by atoms with Gasteiger partial charge in [0.25, 0.3) is 0 Å². The minimum atomic E-state index is -1.15. The Labute approximate surface area is 251 Å². The van der Waals surface area contributed by atoms with Crippen LogP contribution in [0.2, 0.25) is 0 Å². The molecular weight excluding hydrogens is 554 g/mol. The van der Waals surface area contributed by atoms with Gasteiger partial charge in [0.1, 0.15) is 6.04 Å². The summed E-state index contributed by atoms with van der Waals surface area (Å²) in [6.45, 7) is 4.78. The molecule has 1 aromatic rings. The lowest BCUT2D eigenvalue weighted by molar-refractivity contribution is -0.181. The maximum atomic E-state index is 13.4. The van der Waals surface area contributed by atoms with E-state index in [0.717, 1.165) is 24.1 Å². The van der Waals surface area contributed by atoms with Gasteiger partial charge in [0.15, 0.2) is 23.4 Å². The first-order chi connectivity index (χ1) is 20.3. The van der Waals surface area contributed by atoms with Gasteiger partial charge in [0, 0.05) is 44.7 Å². The largest absolute Gasteiger partial charge is 0.477 e. The van der Waals surface area contributed by atoms with E-state index in [2.05, 4.69) is 29.5 Å². The molecule has 12 heteroatoms. The number of nitrogens with zero attached hydrogens (tertiary/aromatic N) is 2. The van der Waals surface area contributed by atoms with Crippen molar-refractivity contribution in [2.75, 3.05) is 40.3 Å². The SMILES string of the molecule is C[C@H](NC(=O)CN)C(=O)NCCN(C)C(=O)Oc1ccc2c3c1O[C@H]1C(=O)CC[C@@]4(O)C(N(C)CC5CC5)CC2(C)C[C@]314. The van der Waals surface area contributed by atoms with E-state index in [4.69, 9.17) is 15.2 Å². The minimum absolute atomic E-state index is 0.0245. The Morgan fingerprint density at radius 2 is 2.00 bits per heavy atom. The van der Waals surface area contributed by atoms with Crippen LogP contribution in [0.4, 0.5) is 4.79 Å². The maximum absolute atomic E-state index is 13.4. The molecule has 1 aromatic carbocycles. The summed E-state index contributed by atoms with van der Waals surface area (Å²) in [5.41, 5.74) is 4.87. The van der Waals surface area contributed by atoms with Gasteiger partial charge in [0.2, 0.25) is 11.8 Å². The molecule has 2 unspecified atom stereocenters. The molecule has 1 aliphatic heterocycles. The van der Waals surface area contributed by atoms with E-state index in [1.807, 2.05) is 6.07 Å². The third kappa shape index (κ3) is 4.60. The van der Waals surface area contributed by atoms with Gasteiger partial charge in [-0.1, -0.05) is 13.0 Å². The van der Waals surface area contributed by atoms with E-state index in [0.29, 0.717) is 24.5 Å². The van der Waals surface area contributed by atoms with Crippen LogP contribution in [0.15, 0.2) is 12.1 Å². The number of carbonyl (C=O) groups is 4. The molecule has 0 aromatic heterocycles. The van der Waals surface area contributed by atoms with Gasteiger partial charge in [-0.05, 0) is 69.0 Å².